The lowest BCUT2D eigenvalue weighted by Crippen LogP contribution is -2.35. The maximum atomic E-state index is 13.0. The second kappa shape index (κ2) is 6.73. The van der Waals surface area contributed by atoms with E-state index in [1.54, 1.807) is 0 Å². The zero-order valence-electron chi connectivity index (χ0n) is 13.2. The van der Waals surface area contributed by atoms with Crippen LogP contribution in [0.1, 0.15) is 47.3 Å². The Morgan fingerprint density at radius 2 is 1.87 bits per heavy atom. The maximum absolute atomic E-state index is 13.0. The standard InChI is InChI=1S/C19H21ClN2O/c1-13(17-4-2-3-5-18(17)20)22(16-10-11-16)19(23)15-8-6-14(12-21)7-9-15/h2-9,13,16H,10-12,21H2,1H3. The maximum Gasteiger partial charge on any atom is 0.254 e. The molecule has 0 radical (unpaired) electrons. The highest BCUT2D eigenvalue weighted by atomic mass is 35.5. The van der Waals surface area contributed by atoms with E-state index in [-0.39, 0.29) is 11.9 Å². The van der Waals surface area contributed by atoms with Crippen molar-refractivity contribution >= 4 is 17.5 Å². The molecule has 2 aromatic rings. The summed E-state index contributed by atoms with van der Waals surface area (Å²) in [7, 11) is 0. The van der Waals surface area contributed by atoms with Gasteiger partial charge in [0.25, 0.3) is 5.91 Å². The van der Waals surface area contributed by atoms with E-state index in [0.29, 0.717) is 23.2 Å². The highest BCUT2D eigenvalue weighted by Crippen LogP contribution is 2.37. The molecule has 0 bridgehead atoms. The van der Waals surface area contributed by atoms with Gasteiger partial charge in [-0.15, -0.1) is 0 Å². The SMILES string of the molecule is CC(c1ccccc1Cl)N(C(=O)c1ccc(CN)cc1)C1CC1. The van der Waals surface area contributed by atoms with Gasteiger partial charge in [0.1, 0.15) is 0 Å². The lowest BCUT2D eigenvalue weighted by Gasteiger charge is -2.30. The van der Waals surface area contributed by atoms with Gasteiger partial charge in [-0.05, 0) is 49.1 Å². The number of rotatable bonds is 5. The molecule has 2 aromatic carbocycles. The predicted octanol–water partition coefficient (Wildman–Crippen LogP) is 4.16. The van der Waals surface area contributed by atoms with Crippen LogP contribution in [0, 0.1) is 0 Å². The molecule has 4 heteroatoms. The predicted molar refractivity (Wildman–Crippen MR) is 93.4 cm³/mol. The van der Waals surface area contributed by atoms with Gasteiger partial charge in [0, 0.05) is 23.2 Å². The van der Waals surface area contributed by atoms with Crippen LogP contribution in [0.25, 0.3) is 0 Å². The van der Waals surface area contributed by atoms with Gasteiger partial charge in [0.05, 0.1) is 6.04 Å². The zero-order valence-corrected chi connectivity index (χ0v) is 14.0. The van der Waals surface area contributed by atoms with Crippen LogP contribution in [0.15, 0.2) is 48.5 Å². The number of halogens is 1. The normalized spacial score (nSPS) is 15.3. The van der Waals surface area contributed by atoms with E-state index in [1.165, 1.54) is 0 Å². The first-order valence-corrected chi connectivity index (χ1v) is 8.35. The minimum Gasteiger partial charge on any atom is -0.329 e. The van der Waals surface area contributed by atoms with Crippen molar-refractivity contribution in [3.8, 4) is 0 Å². The van der Waals surface area contributed by atoms with Crippen LogP contribution in [0.2, 0.25) is 5.02 Å². The third-order valence-corrected chi connectivity index (χ3v) is 4.73. The van der Waals surface area contributed by atoms with Crippen molar-refractivity contribution in [2.45, 2.75) is 38.4 Å². The first-order valence-electron chi connectivity index (χ1n) is 7.98. The zero-order chi connectivity index (χ0) is 16.4. The van der Waals surface area contributed by atoms with Crippen LogP contribution >= 0.6 is 11.6 Å². The van der Waals surface area contributed by atoms with Crippen molar-refractivity contribution in [3.05, 3.63) is 70.2 Å². The van der Waals surface area contributed by atoms with Gasteiger partial charge in [-0.1, -0.05) is 41.9 Å². The van der Waals surface area contributed by atoms with Crippen molar-refractivity contribution < 1.29 is 4.79 Å². The third-order valence-electron chi connectivity index (χ3n) is 4.38. The van der Waals surface area contributed by atoms with Gasteiger partial charge < -0.3 is 10.6 Å². The molecule has 1 fully saturated rings. The molecular formula is C19H21ClN2O. The van der Waals surface area contributed by atoms with Crippen LogP contribution in [0.5, 0.6) is 0 Å². The van der Waals surface area contributed by atoms with E-state index in [4.69, 9.17) is 17.3 Å². The summed E-state index contributed by atoms with van der Waals surface area (Å²) < 4.78 is 0. The topological polar surface area (TPSA) is 46.3 Å². The monoisotopic (exact) mass is 328 g/mol. The van der Waals surface area contributed by atoms with Gasteiger partial charge in [0.15, 0.2) is 0 Å². The van der Waals surface area contributed by atoms with Crippen LogP contribution in [-0.2, 0) is 6.54 Å². The number of nitrogens with two attached hydrogens (primary N) is 1. The molecule has 0 heterocycles. The van der Waals surface area contributed by atoms with E-state index in [0.717, 1.165) is 24.0 Å². The molecule has 0 saturated heterocycles. The van der Waals surface area contributed by atoms with Gasteiger partial charge in [-0.2, -0.15) is 0 Å². The Balaban J connectivity index is 1.89. The van der Waals surface area contributed by atoms with Crippen LogP contribution in [0.3, 0.4) is 0 Å². The summed E-state index contributed by atoms with van der Waals surface area (Å²) in [5.74, 6) is 0.0588. The Labute approximate surface area is 142 Å². The van der Waals surface area contributed by atoms with Crippen LogP contribution < -0.4 is 5.73 Å². The molecule has 2 N–H and O–H groups in total. The van der Waals surface area contributed by atoms with E-state index < -0.39 is 0 Å². The first-order chi connectivity index (χ1) is 11.1. The lowest BCUT2D eigenvalue weighted by molar-refractivity contribution is 0.0674. The molecule has 23 heavy (non-hydrogen) atoms. The number of hydrogen-bond donors (Lipinski definition) is 1. The third kappa shape index (κ3) is 3.41. The Kier molecular flexibility index (Phi) is 4.69. The first kappa shape index (κ1) is 16.0. The summed E-state index contributed by atoms with van der Waals surface area (Å²) >= 11 is 6.33. The van der Waals surface area contributed by atoms with Crippen LogP contribution in [0.4, 0.5) is 0 Å². The number of carbonyl (C=O) groups is 1. The summed E-state index contributed by atoms with van der Waals surface area (Å²) in [6, 6.07) is 15.6. The smallest absolute Gasteiger partial charge is 0.254 e. The summed E-state index contributed by atoms with van der Waals surface area (Å²) in [6.07, 6.45) is 2.11. The minimum absolute atomic E-state index is 0.0436. The summed E-state index contributed by atoms with van der Waals surface area (Å²) in [4.78, 5) is 15.0. The average Bonchev–Trinajstić information content (AvgIpc) is 3.40. The number of amides is 1. The van der Waals surface area contributed by atoms with Gasteiger partial charge >= 0.3 is 0 Å². The summed E-state index contributed by atoms with van der Waals surface area (Å²) in [5, 5.41) is 0.705. The average molecular weight is 329 g/mol. The van der Waals surface area contributed by atoms with E-state index >= 15 is 0 Å². The van der Waals surface area contributed by atoms with Gasteiger partial charge in [-0.3, -0.25) is 4.79 Å². The quantitative estimate of drug-likeness (QED) is 0.895. The lowest BCUT2D eigenvalue weighted by atomic mass is 10.0. The fourth-order valence-corrected chi connectivity index (χ4v) is 3.20. The summed E-state index contributed by atoms with van der Waals surface area (Å²) in [5.41, 5.74) is 8.35. The number of nitrogens with zero attached hydrogens (tertiary/aromatic N) is 1. The van der Waals surface area contributed by atoms with E-state index in [9.17, 15) is 4.79 Å². The van der Waals surface area contributed by atoms with Gasteiger partial charge in [0.2, 0.25) is 0 Å². The molecule has 3 rings (SSSR count). The molecule has 1 amide bonds. The molecule has 120 valence electrons. The molecule has 3 nitrogen and oxygen atoms in total. The number of hydrogen-bond acceptors (Lipinski definition) is 2. The van der Waals surface area contributed by atoms with Crippen molar-refractivity contribution in [2.24, 2.45) is 5.73 Å². The highest BCUT2D eigenvalue weighted by Gasteiger charge is 2.37. The van der Waals surface area contributed by atoms with Crippen molar-refractivity contribution in [1.82, 2.24) is 4.90 Å². The second-order valence-corrected chi connectivity index (χ2v) is 6.45. The molecule has 1 aliphatic carbocycles. The number of benzene rings is 2. The van der Waals surface area contributed by atoms with E-state index in [1.807, 2.05) is 60.4 Å². The van der Waals surface area contributed by atoms with Crippen molar-refractivity contribution in [1.29, 1.82) is 0 Å². The Bertz CT molecular complexity index is 695. The van der Waals surface area contributed by atoms with Gasteiger partial charge in [-0.25, -0.2) is 0 Å². The van der Waals surface area contributed by atoms with E-state index in [2.05, 4.69) is 0 Å². The van der Waals surface area contributed by atoms with Crippen molar-refractivity contribution in [2.75, 3.05) is 0 Å². The van der Waals surface area contributed by atoms with Crippen molar-refractivity contribution in [3.63, 3.8) is 0 Å². The Hall–Kier alpha value is -1.84. The molecule has 1 saturated carbocycles. The molecule has 1 unspecified atom stereocenters. The Morgan fingerprint density at radius 1 is 1.22 bits per heavy atom. The second-order valence-electron chi connectivity index (χ2n) is 6.04. The summed E-state index contributed by atoms with van der Waals surface area (Å²) in [6.45, 7) is 2.53. The van der Waals surface area contributed by atoms with Crippen LogP contribution in [-0.4, -0.2) is 16.8 Å². The highest BCUT2D eigenvalue weighted by molar-refractivity contribution is 6.31. The Morgan fingerprint density at radius 3 is 2.43 bits per heavy atom. The fraction of sp³-hybridized carbons (Fsp3) is 0.316. The molecule has 0 aliphatic heterocycles. The fourth-order valence-electron chi connectivity index (χ4n) is 2.91. The molecule has 0 spiro atoms. The number of carbonyl (C=O) groups excluding carboxylic acids is 1. The molecule has 1 atom stereocenters. The molecular weight excluding hydrogens is 308 g/mol. The minimum atomic E-state index is -0.0436. The molecule has 0 aromatic heterocycles. The largest absolute Gasteiger partial charge is 0.329 e. The molecule has 1 aliphatic rings.